The van der Waals surface area contributed by atoms with Crippen LogP contribution in [0, 0.1) is 0 Å². The number of nitrogens with zero attached hydrogens (tertiary/aromatic N) is 5. The van der Waals surface area contributed by atoms with Crippen LogP contribution in [0.15, 0.2) is 78.2 Å². The Bertz CT molecular complexity index is 1680. The second kappa shape index (κ2) is 11.8. The van der Waals surface area contributed by atoms with Gasteiger partial charge in [0.1, 0.15) is 34.1 Å². The molecule has 5 rings (SSSR count). The van der Waals surface area contributed by atoms with E-state index < -0.39 is 11.4 Å². The van der Waals surface area contributed by atoms with Gasteiger partial charge in [0.15, 0.2) is 0 Å². The highest BCUT2D eigenvalue weighted by atomic mass is 32.1. The van der Waals surface area contributed by atoms with E-state index in [0.717, 1.165) is 16.8 Å². The van der Waals surface area contributed by atoms with Crippen LogP contribution in [0.5, 0.6) is 11.5 Å². The number of methoxy groups -OCH3 is 2. The van der Waals surface area contributed by atoms with Crippen LogP contribution in [0.25, 0.3) is 22.3 Å². The highest BCUT2D eigenvalue weighted by Gasteiger charge is 2.39. The molecule has 0 aliphatic rings. The van der Waals surface area contributed by atoms with Gasteiger partial charge >= 0.3 is 0 Å². The number of nitrogens with one attached hydrogen (secondary N) is 1. The standard InChI is InChI=1S/C30H30N6O4S/c1-30(2,29(38)32-23-15-14-21(39-3)16-26(23)40-4)35(17-27-31-24(19-41-27)20-10-6-5-7-11-20)28(37)18-36-25-13-9-8-12-22(25)33-34-36/h5-16,19H,17-18H2,1-4H3,(H,32,38). The summed E-state index contributed by atoms with van der Waals surface area (Å²) in [6.07, 6.45) is 0. The highest BCUT2D eigenvalue weighted by Crippen LogP contribution is 2.31. The van der Waals surface area contributed by atoms with Gasteiger partial charge in [-0.1, -0.05) is 47.7 Å². The molecule has 11 heteroatoms. The van der Waals surface area contributed by atoms with Crippen LogP contribution in [0.2, 0.25) is 0 Å². The lowest BCUT2D eigenvalue weighted by Gasteiger charge is -2.37. The lowest BCUT2D eigenvalue weighted by atomic mass is 10.0. The number of benzene rings is 3. The number of carbonyl (C=O) groups is 2. The summed E-state index contributed by atoms with van der Waals surface area (Å²) in [5.41, 5.74) is 2.38. The lowest BCUT2D eigenvalue weighted by molar-refractivity contribution is -0.145. The number of carbonyl (C=O) groups excluding carboxylic acids is 2. The first kappa shape index (κ1) is 27.8. The first-order valence-electron chi connectivity index (χ1n) is 12.9. The Morgan fingerprint density at radius 1 is 1.00 bits per heavy atom. The molecule has 0 aliphatic carbocycles. The minimum Gasteiger partial charge on any atom is -0.497 e. The Kier molecular flexibility index (Phi) is 7.97. The van der Waals surface area contributed by atoms with E-state index in [2.05, 4.69) is 15.6 Å². The molecule has 41 heavy (non-hydrogen) atoms. The molecule has 0 atom stereocenters. The number of fused-ring (bicyclic) bond motifs is 1. The van der Waals surface area contributed by atoms with Crippen LogP contribution in [0.4, 0.5) is 5.69 Å². The summed E-state index contributed by atoms with van der Waals surface area (Å²) in [5, 5.41) is 13.9. The molecule has 0 aliphatic heterocycles. The topological polar surface area (TPSA) is 111 Å². The van der Waals surface area contributed by atoms with Crippen LogP contribution in [0.1, 0.15) is 18.9 Å². The third-order valence-electron chi connectivity index (χ3n) is 6.81. The van der Waals surface area contributed by atoms with Gasteiger partial charge in [0.25, 0.3) is 0 Å². The molecular weight excluding hydrogens is 540 g/mol. The summed E-state index contributed by atoms with van der Waals surface area (Å²) < 4.78 is 12.3. The Labute approximate surface area is 241 Å². The Hall–Kier alpha value is -4.77. The largest absolute Gasteiger partial charge is 0.497 e. The number of hydrogen-bond donors (Lipinski definition) is 1. The molecule has 2 heterocycles. The van der Waals surface area contributed by atoms with Crippen molar-refractivity contribution in [2.24, 2.45) is 0 Å². The van der Waals surface area contributed by atoms with Gasteiger partial charge in [-0.15, -0.1) is 16.4 Å². The number of hydrogen-bond acceptors (Lipinski definition) is 8. The van der Waals surface area contributed by atoms with Crippen molar-refractivity contribution >= 4 is 39.9 Å². The molecule has 2 amide bonds. The van der Waals surface area contributed by atoms with E-state index in [4.69, 9.17) is 14.5 Å². The van der Waals surface area contributed by atoms with Crippen molar-refractivity contribution in [1.82, 2.24) is 24.9 Å². The van der Waals surface area contributed by atoms with Gasteiger partial charge in [-0.3, -0.25) is 9.59 Å². The van der Waals surface area contributed by atoms with E-state index in [9.17, 15) is 9.59 Å². The van der Waals surface area contributed by atoms with E-state index in [1.165, 1.54) is 23.3 Å². The van der Waals surface area contributed by atoms with E-state index >= 15 is 0 Å². The van der Waals surface area contributed by atoms with Gasteiger partial charge in [-0.05, 0) is 38.1 Å². The third kappa shape index (κ3) is 5.90. The average molecular weight is 571 g/mol. The van der Waals surface area contributed by atoms with Crippen LogP contribution in [-0.4, -0.2) is 56.5 Å². The Balaban J connectivity index is 1.45. The molecule has 0 radical (unpaired) electrons. The molecule has 0 saturated heterocycles. The van der Waals surface area contributed by atoms with Gasteiger partial charge in [-0.2, -0.15) is 0 Å². The van der Waals surface area contributed by atoms with Crippen molar-refractivity contribution in [1.29, 1.82) is 0 Å². The molecule has 0 unspecified atom stereocenters. The minimum atomic E-state index is -1.28. The predicted octanol–water partition coefficient (Wildman–Crippen LogP) is 5.02. The first-order valence-corrected chi connectivity index (χ1v) is 13.8. The monoisotopic (exact) mass is 570 g/mol. The maximum Gasteiger partial charge on any atom is 0.249 e. The molecule has 1 N–H and O–H groups in total. The zero-order valence-electron chi connectivity index (χ0n) is 23.2. The van der Waals surface area contributed by atoms with Crippen molar-refractivity contribution in [3.05, 3.63) is 83.2 Å². The number of amides is 2. The molecule has 5 aromatic rings. The quantitative estimate of drug-likeness (QED) is 0.251. The first-order chi connectivity index (χ1) is 19.8. The molecule has 0 fully saturated rings. The van der Waals surface area contributed by atoms with Crippen molar-refractivity contribution in [2.45, 2.75) is 32.5 Å². The zero-order valence-corrected chi connectivity index (χ0v) is 24.0. The molecule has 210 valence electrons. The molecule has 2 aromatic heterocycles. The van der Waals surface area contributed by atoms with Crippen LogP contribution < -0.4 is 14.8 Å². The summed E-state index contributed by atoms with van der Waals surface area (Å²) in [7, 11) is 3.07. The fourth-order valence-electron chi connectivity index (χ4n) is 4.41. The van der Waals surface area contributed by atoms with Crippen molar-refractivity contribution in [3.8, 4) is 22.8 Å². The SMILES string of the molecule is COc1ccc(NC(=O)C(C)(C)N(Cc2nc(-c3ccccc3)cs2)C(=O)Cn2nnc3ccccc32)c(OC)c1. The van der Waals surface area contributed by atoms with E-state index in [1.54, 1.807) is 43.8 Å². The molecule has 0 saturated carbocycles. The molecule has 10 nitrogen and oxygen atoms in total. The molecular formula is C30H30N6O4S. The molecule has 3 aromatic carbocycles. The molecule has 0 spiro atoms. The van der Waals surface area contributed by atoms with Gasteiger partial charge in [-0.25, -0.2) is 9.67 Å². The van der Waals surface area contributed by atoms with E-state index in [1.807, 2.05) is 60.0 Å². The number of thiazole rings is 1. The summed E-state index contributed by atoms with van der Waals surface area (Å²) in [6.45, 7) is 3.45. The number of anilines is 1. The lowest BCUT2D eigenvalue weighted by Crippen LogP contribution is -2.55. The van der Waals surface area contributed by atoms with Crippen LogP contribution >= 0.6 is 11.3 Å². The zero-order chi connectivity index (χ0) is 29.0. The third-order valence-corrected chi connectivity index (χ3v) is 7.64. The second-order valence-electron chi connectivity index (χ2n) is 9.79. The normalized spacial score (nSPS) is 11.3. The number of aromatic nitrogens is 4. The highest BCUT2D eigenvalue weighted by molar-refractivity contribution is 7.09. The maximum absolute atomic E-state index is 13.9. The van der Waals surface area contributed by atoms with Gasteiger partial charge in [0.05, 0.1) is 37.7 Å². The fraction of sp³-hybridized carbons (Fsp3) is 0.233. The Morgan fingerprint density at radius 2 is 1.76 bits per heavy atom. The Morgan fingerprint density at radius 3 is 2.51 bits per heavy atom. The molecule has 0 bridgehead atoms. The summed E-state index contributed by atoms with van der Waals surface area (Å²) in [5.74, 6) is 0.332. The smallest absolute Gasteiger partial charge is 0.249 e. The van der Waals surface area contributed by atoms with Crippen LogP contribution in [-0.2, 0) is 22.7 Å². The van der Waals surface area contributed by atoms with Gasteiger partial charge < -0.3 is 19.7 Å². The van der Waals surface area contributed by atoms with E-state index in [0.29, 0.717) is 27.7 Å². The summed E-state index contributed by atoms with van der Waals surface area (Å²) in [4.78, 5) is 34.0. The average Bonchev–Trinajstić information content (AvgIpc) is 3.64. The number of rotatable bonds is 10. The minimum absolute atomic E-state index is 0.0972. The van der Waals surface area contributed by atoms with Crippen LogP contribution in [0.3, 0.4) is 0 Å². The van der Waals surface area contributed by atoms with Crippen molar-refractivity contribution in [3.63, 3.8) is 0 Å². The van der Waals surface area contributed by atoms with Crippen molar-refractivity contribution in [2.75, 3.05) is 19.5 Å². The van der Waals surface area contributed by atoms with E-state index in [-0.39, 0.29) is 19.0 Å². The fourth-order valence-corrected chi connectivity index (χ4v) is 5.20. The summed E-state index contributed by atoms with van der Waals surface area (Å²) >= 11 is 1.44. The van der Waals surface area contributed by atoms with Gasteiger partial charge in [0.2, 0.25) is 11.8 Å². The number of para-hydroxylation sites is 1. The van der Waals surface area contributed by atoms with Crippen molar-refractivity contribution < 1.29 is 19.1 Å². The second-order valence-corrected chi connectivity index (χ2v) is 10.7. The van der Waals surface area contributed by atoms with Gasteiger partial charge in [0, 0.05) is 17.0 Å². The number of ether oxygens (including phenoxy) is 2. The maximum atomic E-state index is 13.9. The predicted molar refractivity (Wildman–Crippen MR) is 158 cm³/mol. The summed E-state index contributed by atoms with van der Waals surface area (Å²) in [6, 6.07) is 22.3.